The summed E-state index contributed by atoms with van der Waals surface area (Å²) in [6, 6.07) is 10.7. The van der Waals surface area contributed by atoms with Crippen LogP contribution in [0.5, 0.6) is 0 Å². The normalized spacial score (nSPS) is 23.2. The van der Waals surface area contributed by atoms with Crippen molar-refractivity contribution >= 4 is 17.3 Å². The summed E-state index contributed by atoms with van der Waals surface area (Å²) in [4.78, 5) is 1.32. The Balaban J connectivity index is 2.17. The van der Waals surface area contributed by atoms with Gasteiger partial charge in [-0.2, -0.15) is 0 Å². The number of hydrogen-bond acceptors (Lipinski definition) is 1. The lowest BCUT2D eigenvalue weighted by Gasteiger charge is -2.09. The molecular formula is C15H13S. The Morgan fingerprint density at radius 2 is 1.94 bits per heavy atom. The van der Waals surface area contributed by atoms with Gasteiger partial charge in [0.25, 0.3) is 0 Å². The summed E-state index contributed by atoms with van der Waals surface area (Å²) in [6.07, 6.45) is 5.69. The first-order valence-corrected chi connectivity index (χ1v) is 6.42. The lowest BCUT2D eigenvalue weighted by Crippen LogP contribution is -1.96. The van der Waals surface area contributed by atoms with Crippen molar-refractivity contribution in [2.75, 3.05) is 0 Å². The molecule has 1 heteroatoms. The minimum absolute atomic E-state index is 0.546. The summed E-state index contributed by atoms with van der Waals surface area (Å²) < 4.78 is 0. The van der Waals surface area contributed by atoms with Gasteiger partial charge in [-0.15, -0.1) is 11.8 Å². The second kappa shape index (κ2) is 3.67. The third kappa shape index (κ3) is 1.47. The average Bonchev–Trinajstić information content (AvgIpc) is 2.74. The van der Waals surface area contributed by atoms with Crippen LogP contribution in [0.15, 0.2) is 52.5 Å². The maximum Gasteiger partial charge on any atom is 0.0329 e. The van der Waals surface area contributed by atoms with E-state index in [-0.39, 0.29) is 0 Å². The number of allylic oxidation sites excluding steroid dienone is 4. The molecule has 0 nitrogen and oxygen atoms in total. The molecule has 1 radical (unpaired) electrons. The van der Waals surface area contributed by atoms with Crippen molar-refractivity contribution in [3.05, 3.63) is 64.1 Å². The van der Waals surface area contributed by atoms with E-state index in [9.17, 15) is 0 Å². The van der Waals surface area contributed by atoms with Gasteiger partial charge in [0.2, 0.25) is 0 Å². The van der Waals surface area contributed by atoms with Gasteiger partial charge in [-0.25, -0.2) is 0 Å². The third-order valence-electron chi connectivity index (χ3n) is 2.99. The van der Waals surface area contributed by atoms with Crippen molar-refractivity contribution in [3.8, 4) is 0 Å². The van der Waals surface area contributed by atoms with Crippen molar-refractivity contribution in [1.82, 2.24) is 0 Å². The van der Waals surface area contributed by atoms with Crippen molar-refractivity contribution in [2.45, 2.75) is 19.1 Å². The van der Waals surface area contributed by atoms with E-state index >= 15 is 0 Å². The number of thioether (sulfide) groups is 1. The first kappa shape index (κ1) is 9.98. The third-order valence-corrected chi connectivity index (χ3v) is 4.14. The Hall–Kier alpha value is -1.21. The topological polar surface area (TPSA) is 0 Å². The summed E-state index contributed by atoms with van der Waals surface area (Å²) in [5.74, 6) is 0. The van der Waals surface area contributed by atoms with Crippen LogP contribution in [0.1, 0.15) is 19.4 Å². The fraction of sp³-hybridized carbons (Fsp3) is 0.200. The molecule has 1 aliphatic heterocycles. The quantitative estimate of drug-likeness (QED) is 0.689. The highest BCUT2D eigenvalue weighted by atomic mass is 32.2. The van der Waals surface area contributed by atoms with Gasteiger partial charge in [-0.3, -0.25) is 0 Å². The minimum atomic E-state index is 0.546. The second-order valence-corrected chi connectivity index (χ2v) is 5.59. The first-order valence-electron chi connectivity index (χ1n) is 5.54. The Bertz CT molecular complexity index is 518. The first-order chi connectivity index (χ1) is 7.75. The fourth-order valence-corrected chi connectivity index (χ4v) is 3.57. The Labute approximate surface area is 101 Å². The van der Waals surface area contributed by atoms with Gasteiger partial charge >= 0.3 is 0 Å². The van der Waals surface area contributed by atoms with Gasteiger partial charge in [0, 0.05) is 16.2 Å². The molecule has 1 aromatic carbocycles. The zero-order valence-electron chi connectivity index (χ0n) is 9.45. The van der Waals surface area contributed by atoms with E-state index in [4.69, 9.17) is 0 Å². The van der Waals surface area contributed by atoms with E-state index in [1.54, 1.807) is 0 Å². The van der Waals surface area contributed by atoms with Crippen LogP contribution in [-0.2, 0) is 0 Å². The standard InChI is InChI=1S/C15H13S/c1-10-8-13-14(9-10)16-11(2)15(13)12-6-4-3-5-7-12/h3-8,11H,1-2H3. The molecule has 0 aromatic heterocycles. The van der Waals surface area contributed by atoms with Gasteiger partial charge < -0.3 is 0 Å². The fourth-order valence-electron chi connectivity index (χ4n) is 2.32. The molecule has 0 saturated heterocycles. The molecule has 1 aromatic rings. The van der Waals surface area contributed by atoms with Crippen LogP contribution in [0.4, 0.5) is 0 Å². The summed E-state index contributed by atoms with van der Waals surface area (Å²) in [5.41, 5.74) is 5.45. The summed E-state index contributed by atoms with van der Waals surface area (Å²) >= 11 is 1.92. The largest absolute Gasteiger partial charge is 0.117 e. The molecule has 0 saturated carbocycles. The van der Waals surface area contributed by atoms with E-state index < -0.39 is 0 Å². The summed E-state index contributed by atoms with van der Waals surface area (Å²) in [6.45, 7) is 4.39. The zero-order chi connectivity index (χ0) is 11.1. The SMILES string of the molecule is CC1=CC2=C(c3ccccc3)C(C)SC2=[C]1. The van der Waals surface area contributed by atoms with Gasteiger partial charge in [0.1, 0.15) is 0 Å². The van der Waals surface area contributed by atoms with E-state index in [0.717, 1.165) is 0 Å². The van der Waals surface area contributed by atoms with E-state index in [0.29, 0.717) is 5.25 Å². The molecule has 0 spiro atoms. The van der Waals surface area contributed by atoms with Crippen LogP contribution in [-0.4, -0.2) is 5.25 Å². The lowest BCUT2D eigenvalue weighted by atomic mass is 9.98. The minimum Gasteiger partial charge on any atom is -0.117 e. The smallest absolute Gasteiger partial charge is 0.0329 e. The highest BCUT2D eigenvalue weighted by Crippen LogP contribution is 2.49. The molecule has 1 heterocycles. The van der Waals surface area contributed by atoms with Gasteiger partial charge in [-0.1, -0.05) is 30.3 Å². The van der Waals surface area contributed by atoms with Gasteiger partial charge in [0.15, 0.2) is 0 Å². The zero-order valence-corrected chi connectivity index (χ0v) is 10.3. The highest BCUT2D eigenvalue weighted by molar-refractivity contribution is 8.04. The van der Waals surface area contributed by atoms with E-state index in [1.165, 1.54) is 27.2 Å². The number of benzene rings is 1. The van der Waals surface area contributed by atoms with Crippen molar-refractivity contribution in [1.29, 1.82) is 0 Å². The summed E-state index contributed by atoms with van der Waals surface area (Å²) in [7, 11) is 0. The highest BCUT2D eigenvalue weighted by Gasteiger charge is 2.29. The molecule has 16 heavy (non-hydrogen) atoms. The van der Waals surface area contributed by atoms with Crippen LogP contribution in [0.2, 0.25) is 0 Å². The number of fused-ring (bicyclic) bond motifs is 1. The van der Waals surface area contributed by atoms with Crippen LogP contribution >= 0.6 is 11.8 Å². The average molecular weight is 225 g/mol. The number of hydrogen-bond donors (Lipinski definition) is 0. The Morgan fingerprint density at radius 1 is 1.19 bits per heavy atom. The van der Waals surface area contributed by atoms with Crippen LogP contribution in [0.25, 0.3) is 5.57 Å². The van der Waals surface area contributed by atoms with Crippen LogP contribution in [0.3, 0.4) is 0 Å². The molecule has 0 amide bonds. The molecule has 1 atom stereocenters. The molecule has 79 valence electrons. The van der Waals surface area contributed by atoms with Crippen molar-refractivity contribution in [2.24, 2.45) is 0 Å². The summed E-state index contributed by atoms with van der Waals surface area (Å²) in [5, 5.41) is 0.546. The van der Waals surface area contributed by atoms with E-state index in [2.05, 4.69) is 56.3 Å². The Morgan fingerprint density at radius 3 is 2.69 bits per heavy atom. The maximum absolute atomic E-state index is 3.43. The molecular weight excluding hydrogens is 212 g/mol. The van der Waals surface area contributed by atoms with Crippen molar-refractivity contribution < 1.29 is 0 Å². The molecule has 0 bridgehead atoms. The molecule has 1 aliphatic carbocycles. The lowest BCUT2D eigenvalue weighted by molar-refractivity contribution is 1.27. The maximum atomic E-state index is 3.43. The molecule has 3 rings (SSSR count). The monoisotopic (exact) mass is 225 g/mol. The van der Waals surface area contributed by atoms with Crippen LogP contribution < -0.4 is 0 Å². The predicted molar refractivity (Wildman–Crippen MR) is 70.9 cm³/mol. The van der Waals surface area contributed by atoms with Gasteiger partial charge in [0.05, 0.1) is 0 Å². The van der Waals surface area contributed by atoms with E-state index in [1.807, 2.05) is 11.8 Å². The number of rotatable bonds is 1. The van der Waals surface area contributed by atoms with Crippen LogP contribution in [0, 0.1) is 6.08 Å². The predicted octanol–water partition coefficient (Wildman–Crippen LogP) is 4.22. The molecule has 0 N–H and O–H groups in total. The molecule has 2 aliphatic rings. The second-order valence-electron chi connectivity index (χ2n) is 4.23. The van der Waals surface area contributed by atoms with Crippen molar-refractivity contribution in [3.63, 3.8) is 0 Å². The Kier molecular flexibility index (Phi) is 2.29. The molecule has 1 unspecified atom stereocenters. The molecule has 0 fully saturated rings. The van der Waals surface area contributed by atoms with Gasteiger partial charge in [-0.05, 0) is 42.2 Å².